The third kappa shape index (κ3) is 3.96. The summed E-state index contributed by atoms with van der Waals surface area (Å²) in [4.78, 5) is 17.4. The van der Waals surface area contributed by atoms with Gasteiger partial charge >= 0.3 is 0 Å². The van der Waals surface area contributed by atoms with Gasteiger partial charge in [0.05, 0.1) is 21.8 Å². The third-order valence-electron chi connectivity index (χ3n) is 3.59. The molecule has 4 nitrogen and oxygen atoms in total. The number of carbonyl (C=O) groups is 1. The van der Waals surface area contributed by atoms with E-state index in [9.17, 15) is 9.90 Å². The van der Waals surface area contributed by atoms with E-state index < -0.39 is 5.60 Å². The number of aryl methyl sites for hydroxylation is 1. The van der Waals surface area contributed by atoms with Crippen molar-refractivity contribution in [3.05, 3.63) is 51.7 Å². The van der Waals surface area contributed by atoms with E-state index in [0.717, 1.165) is 20.1 Å². The highest BCUT2D eigenvalue weighted by atomic mass is 32.1. The number of amides is 1. The Morgan fingerprint density at radius 1 is 1.30 bits per heavy atom. The molecule has 0 saturated carbocycles. The van der Waals surface area contributed by atoms with E-state index in [2.05, 4.69) is 10.3 Å². The average molecular weight is 346 g/mol. The van der Waals surface area contributed by atoms with Crippen molar-refractivity contribution in [3.63, 3.8) is 0 Å². The summed E-state index contributed by atoms with van der Waals surface area (Å²) in [5, 5.41) is 16.1. The molecule has 1 aromatic carbocycles. The number of rotatable bonds is 6. The summed E-state index contributed by atoms with van der Waals surface area (Å²) >= 11 is 3.11. The maximum Gasteiger partial charge on any atom is 0.220 e. The van der Waals surface area contributed by atoms with E-state index in [0.29, 0.717) is 12.8 Å². The van der Waals surface area contributed by atoms with Crippen molar-refractivity contribution < 1.29 is 9.90 Å². The van der Waals surface area contributed by atoms with Crippen molar-refractivity contribution in [3.8, 4) is 0 Å². The van der Waals surface area contributed by atoms with Gasteiger partial charge in [-0.05, 0) is 30.5 Å². The van der Waals surface area contributed by atoms with Gasteiger partial charge in [-0.2, -0.15) is 0 Å². The molecule has 0 radical (unpaired) electrons. The van der Waals surface area contributed by atoms with Crippen molar-refractivity contribution in [1.29, 1.82) is 0 Å². The number of fused-ring (bicyclic) bond motifs is 1. The number of para-hydroxylation sites is 1. The maximum atomic E-state index is 12.0. The van der Waals surface area contributed by atoms with Gasteiger partial charge in [0, 0.05) is 17.7 Å². The van der Waals surface area contributed by atoms with Gasteiger partial charge in [-0.1, -0.05) is 18.2 Å². The van der Waals surface area contributed by atoms with E-state index in [4.69, 9.17) is 0 Å². The first-order valence-electron chi connectivity index (χ1n) is 7.42. The smallest absolute Gasteiger partial charge is 0.220 e. The lowest BCUT2D eigenvalue weighted by atomic mass is 10.1. The molecule has 0 saturated heterocycles. The molecule has 2 aromatic heterocycles. The Labute approximate surface area is 142 Å². The Hall–Kier alpha value is -1.76. The summed E-state index contributed by atoms with van der Waals surface area (Å²) in [6.07, 6.45) is 0.993. The summed E-state index contributed by atoms with van der Waals surface area (Å²) in [6.45, 7) is 1.93. The monoisotopic (exact) mass is 346 g/mol. The van der Waals surface area contributed by atoms with E-state index >= 15 is 0 Å². The van der Waals surface area contributed by atoms with Crippen LogP contribution < -0.4 is 5.32 Å². The fourth-order valence-corrected chi connectivity index (χ4v) is 4.03. The highest BCUT2D eigenvalue weighted by Gasteiger charge is 2.24. The highest BCUT2D eigenvalue weighted by molar-refractivity contribution is 7.18. The standard InChI is InChI=1S/C17H18N2O2S2/c1-17(21,14-7-4-10-22-14)11-18-15(20)8-9-16-19-12-5-2-3-6-13(12)23-16/h2-7,10,21H,8-9,11H2,1H3,(H,18,20). The molecule has 120 valence electrons. The molecule has 23 heavy (non-hydrogen) atoms. The van der Waals surface area contributed by atoms with Gasteiger partial charge in [-0.3, -0.25) is 4.79 Å². The predicted octanol–water partition coefficient (Wildman–Crippen LogP) is 3.31. The number of thiazole rings is 1. The van der Waals surface area contributed by atoms with Crippen LogP contribution >= 0.6 is 22.7 Å². The normalized spacial score (nSPS) is 13.8. The number of aromatic nitrogens is 1. The maximum absolute atomic E-state index is 12.0. The topological polar surface area (TPSA) is 62.2 Å². The second-order valence-electron chi connectivity index (χ2n) is 5.60. The molecule has 2 N–H and O–H groups in total. The van der Waals surface area contributed by atoms with Gasteiger partial charge in [0.1, 0.15) is 5.60 Å². The summed E-state index contributed by atoms with van der Waals surface area (Å²) in [5.74, 6) is -0.0684. The van der Waals surface area contributed by atoms with Gasteiger partial charge < -0.3 is 10.4 Å². The van der Waals surface area contributed by atoms with Gasteiger partial charge in [-0.15, -0.1) is 22.7 Å². The van der Waals surface area contributed by atoms with Crippen LogP contribution in [0.2, 0.25) is 0 Å². The van der Waals surface area contributed by atoms with Crippen LogP contribution in [0.25, 0.3) is 10.2 Å². The summed E-state index contributed by atoms with van der Waals surface area (Å²) in [6, 6.07) is 11.7. The molecular weight excluding hydrogens is 328 g/mol. The SMILES string of the molecule is CC(O)(CNC(=O)CCc1nc2ccccc2s1)c1cccs1. The van der Waals surface area contributed by atoms with E-state index in [1.807, 2.05) is 41.8 Å². The van der Waals surface area contributed by atoms with Crippen molar-refractivity contribution in [2.75, 3.05) is 6.54 Å². The van der Waals surface area contributed by atoms with E-state index in [1.54, 1.807) is 18.3 Å². The zero-order valence-corrected chi connectivity index (χ0v) is 14.4. The number of hydrogen-bond acceptors (Lipinski definition) is 5. The number of carbonyl (C=O) groups excluding carboxylic acids is 1. The molecule has 0 spiro atoms. The zero-order valence-electron chi connectivity index (χ0n) is 12.8. The quantitative estimate of drug-likeness (QED) is 0.720. The Kier molecular flexibility index (Phi) is 4.75. The Bertz CT molecular complexity index is 761. The van der Waals surface area contributed by atoms with Crippen LogP contribution in [0.5, 0.6) is 0 Å². The first kappa shape index (κ1) is 16.1. The van der Waals surface area contributed by atoms with E-state index in [-0.39, 0.29) is 12.5 Å². The number of aliphatic hydroxyl groups is 1. The molecule has 0 aliphatic rings. The molecule has 3 rings (SSSR count). The Morgan fingerprint density at radius 2 is 2.13 bits per heavy atom. The number of hydrogen-bond donors (Lipinski definition) is 2. The molecule has 6 heteroatoms. The largest absolute Gasteiger partial charge is 0.383 e. The average Bonchev–Trinajstić information content (AvgIpc) is 3.20. The van der Waals surface area contributed by atoms with Gasteiger partial charge in [0.15, 0.2) is 0 Å². The van der Waals surface area contributed by atoms with Gasteiger partial charge in [-0.25, -0.2) is 4.98 Å². The lowest BCUT2D eigenvalue weighted by Crippen LogP contribution is -2.38. The lowest BCUT2D eigenvalue weighted by Gasteiger charge is -2.22. The first-order valence-corrected chi connectivity index (χ1v) is 9.12. The Morgan fingerprint density at radius 3 is 2.87 bits per heavy atom. The van der Waals surface area contributed by atoms with Crippen LogP contribution in [-0.2, 0) is 16.8 Å². The van der Waals surface area contributed by atoms with Crippen LogP contribution in [0.4, 0.5) is 0 Å². The molecule has 0 aliphatic carbocycles. The molecule has 1 amide bonds. The molecule has 1 unspecified atom stereocenters. The highest BCUT2D eigenvalue weighted by Crippen LogP contribution is 2.25. The second-order valence-corrected chi connectivity index (χ2v) is 7.67. The van der Waals surface area contributed by atoms with Crippen LogP contribution in [-0.4, -0.2) is 22.5 Å². The zero-order chi connectivity index (χ0) is 16.3. The van der Waals surface area contributed by atoms with E-state index in [1.165, 1.54) is 11.3 Å². The first-order chi connectivity index (χ1) is 11.0. The van der Waals surface area contributed by atoms with Crippen LogP contribution in [0.1, 0.15) is 23.2 Å². The van der Waals surface area contributed by atoms with Crippen LogP contribution in [0, 0.1) is 0 Å². The molecule has 0 fully saturated rings. The van der Waals surface area contributed by atoms with Gasteiger partial charge in [0.25, 0.3) is 0 Å². The summed E-state index contributed by atoms with van der Waals surface area (Å²) < 4.78 is 1.14. The fraction of sp³-hybridized carbons (Fsp3) is 0.294. The molecular formula is C17H18N2O2S2. The molecule has 0 aliphatic heterocycles. The van der Waals surface area contributed by atoms with Crippen LogP contribution in [0.3, 0.4) is 0 Å². The minimum Gasteiger partial charge on any atom is -0.383 e. The molecule has 2 heterocycles. The third-order valence-corrected chi connectivity index (χ3v) is 5.81. The fourth-order valence-electron chi connectivity index (χ4n) is 2.28. The summed E-state index contributed by atoms with van der Waals surface area (Å²) in [5.41, 5.74) is -0.0480. The van der Waals surface area contributed by atoms with Crippen LogP contribution in [0.15, 0.2) is 41.8 Å². The molecule has 0 bridgehead atoms. The van der Waals surface area contributed by atoms with Crippen molar-refractivity contribution in [2.45, 2.75) is 25.4 Å². The summed E-state index contributed by atoms with van der Waals surface area (Å²) in [7, 11) is 0. The van der Waals surface area contributed by atoms with Crippen molar-refractivity contribution in [2.24, 2.45) is 0 Å². The number of nitrogens with zero attached hydrogens (tertiary/aromatic N) is 1. The minimum atomic E-state index is -1.03. The molecule has 1 atom stereocenters. The number of benzene rings is 1. The Balaban J connectivity index is 1.51. The number of thiophene rings is 1. The molecule has 3 aromatic rings. The minimum absolute atomic E-state index is 0.0684. The van der Waals surface area contributed by atoms with Crippen molar-refractivity contribution >= 4 is 38.8 Å². The van der Waals surface area contributed by atoms with Crippen molar-refractivity contribution in [1.82, 2.24) is 10.3 Å². The second kappa shape index (κ2) is 6.78. The predicted molar refractivity (Wildman–Crippen MR) is 94.8 cm³/mol. The lowest BCUT2D eigenvalue weighted by molar-refractivity contribution is -0.122. The number of nitrogens with one attached hydrogen (secondary N) is 1. The van der Waals surface area contributed by atoms with Gasteiger partial charge in [0.2, 0.25) is 5.91 Å².